The van der Waals surface area contributed by atoms with E-state index in [1.807, 2.05) is 34.6 Å². The largest absolute Gasteiger partial charge is 0.444 e. The number of ether oxygens (including phenoxy) is 1. The number of nitrogens with zero attached hydrogens (tertiary/aromatic N) is 4. The van der Waals surface area contributed by atoms with Crippen molar-refractivity contribution < 1.29 is 9.53 Å². The van der Waals surface area contributed by atoms with Gasteiger partial charge in [0.05, 0.1) is 6.04 Å². The zero-order valence-electron chi connectivity index (χ0n) is 15.3. The van der Waals surface area contributed by atoms with Crippen molar-refractivity contribution in [3.63, 3.8) is 0 Å². The lowest BCUT2D eigenvalue weighted by Crippen LogP contribution is -2.42. The minimum atomic E-state index is -0.490. The summed E-state index contributed by atoms with van der Waals surface area (Å²) in [4.78, 5) is 24.9. The third-order valence-corrected chi connectivity index (χ3v) is 4.13. The summed E-state index contributed by atoms with van der Waals surface area (Å²) < 4.78 is 5.44. The van der Waals surface area contributed by atoms with Gasteiger partial charge >= 0.3 is 6.09 Å². The molecule has 24 heavy (non-hydrogen) atoms. The van der Waals surface area contributed by atoms with Crippen LogP contribution in [0.2, 0.25) is 5.15 Å². The van der Waals surface area contributed by atoms with Gasteiger partial charge in [0.1, 0.15) is 22.4 Å². The standard InChI is InChI=1S/C17H27ClN4O2/c1-11(2)15-19-13(18)9-14(20-15)22-8-7-12(10-22)21(6)16(23)24-17(3,4)5/h9,11-12H,7-8,10H2,1-6H3/t12-/m1/s1. The van der Waals surface area contributed by atoms with Gasteiger partial charge in [-0.2, -0.15) is 0 Å². The molecule has 2 heterocycles. The minimum Gasteiger partial charge on any atom is -0.444 e. The zero-order chi connectivity index (χ0) is 18.1. The quantitative estimate of drug-likeness (QED) is 0.774. The Morgan fingerprint density at radius 3 is 2.67 bits per heavy atom. The molecule has 6 nitrogen and oxygen atoms in total. The molecule has 0 saturated carbocycles. The van der Waals surface area contributed by atoms with Crippen molar-refractivity contribution in [2.24, 2.45) is 0 Å². The third kappa shape index (κ3) is 4.72. The van der Waals surface area contributed by atoms with Gasteiger partial charge in [0.2, 0.25) is 0 Å². The number of aromatic nitrogens is 2. The molecule has 0 bridgehead atoms. The normalized spacial score (nSPS) is 18.2. The predicted octanol–water partition coefficient (Wildman–Crippen LogP) is 3.70. The van der Waals surface area contributed by atoms with Crippen molar-refractivity contribution in [2.75, 3.05) is 25.0 Å². The number of carbonyl (C=O) groups is 1. The van der Waals surface area contributed by atoms with Crippen molar-refractivity contribution in [2.45, 2.75) is 58.6 Å². The lowest BCUT2D eigenvalue weighted by Gasteiger charge is -2.28. The second-order valence-electron chi connectivity index (χ2n) is 7.54. The molecule has 0 radical (unpaired) electrons. The number of hydrogen-bond acceptors (Lipinski definition) is 5. The van der Waals surface area contributed by atoms with Gasteiger partial charge in [-0.05, 0) is 27.2 Å². The maximum absolute atomic E-state index is 12.2. The Hall–Kier alpha value is -1.56. The number of halogens is 1. The maximum Gasteiger partial charge on any atom is 0.410 e. The van der Waals surface area contributed by atoms with E-state index in [4.69, 9.17) is 16.3 Å². The first-order valence-electron chi connectivity index (χ1n) is 8.32. The van der Waals surface area contributed by atoms with Crippen LogP contribution in [0.1, 0.15) is 52.8 Å². The summed E-state index contributed by atoms with van der Waals surface area (Å²) in [7, 11) is 1.79. The molecule has 1 atom stereocenters. The fourth-order valence-electron chi connectivity index (χ4n) is 2.59. The Labute approximate surface area is 149 Å². The summed E-state index contributed by atoms with van der Waals surface area (Å²) in [6, 6.07) is 1.87. The molecule has 0 aliphatic carbocycles. The zero-order valence-corrected chi connectivity index (χ0v) is 16.1. The first-order valence-corrected chi connectivity index (χ1v) is 8.70. The highest BCUT2D eigenvalue weighted by Crippen LogP contribution is 2.25. The molecule has 1 aliphatic rings. The van der Waals surface area contributed by atoms with E-state index in [2.05, 4.69) is 14.9 Å². The highest BCUT2D eigenvalue weighted by molar-refractivity contribution is 6.29. The molecule has 0 unspecified atom stereocenters. The molecule has 1 saturated heterocycles. The molecule has 1 aromatic rings. The van der Waals surface area contributed by atoms with E-state index in [1.54, 1.807) is 18.0 Å². The number of rotatable bonds is 3. The van der Waals surface area contributed by atoms with Gasteiger partial charge in [0.25, 0.3) is 0 Å². The predicted molar refractivity (Wildman–Crippen MR) is 95.7 cm³/mol. The highest BCUT2D eigenvalue weighted by atomic mass is 35.5. The monoisotopic (exact) mass is 354 g/mol. The topological polar surface area (TPSA) is 58.6 Å². The van der Waals surface area contributed by atoms with Crippen LogP contribution in [0.5, 0.6) is 0 Å². The molecular formula is C17H27ClN4O2. The molecule has 1 amide bonds. The average Bonchev–Trinajstić information content (AvgIpc) is 2.93. The fraction of sp³-hybridized carbons (Fsp3) is 0.706. The summed E-state index contributed by atoms with van der Waals surface area (Å²) >= 11 is 6.13. The molecule has 2 rings (SSSR count). The van der Waals surface area contributed by atoms with Crippen molar-refractivity contribution in [1.29, 1.82) is 0 Å². The van der Waals surface area contributed by atoms with Crippen LogP contribution in [0.25, 0.3) is 0 Å². The van der Waals surface area contributed by atoms with Crippen LogP contribution >= 0.6 is 11.6 Å². The van der Waals surface area contributed by atoms with Gasteiger partial charge in [-0.1, -0.05) is 25.4 Å². The first kappa shape index (κ1) is 18.8. The van der Waals surface area contributed by atoms with Crippen LogP contribution in [0.15, 0.2) is 6.07 Å². The molecule has 1 aromatic heterocycles. The summed E-state index contributed by atoms with van der Waals surface area (Å²) in [5.41, 5.74) is -0.490. The molecular weight excluding hydrogens is 328 g/mol. The van der Waals surface area contributed by atoms with E-state index in [9.17, 15) is 4.79 Å². The van der Waals surface area contributed by atoms with Crippen molar-refractivity contribution in [1.82, 2.24) is 14.9 Å². The van der Waals surface area contributed by atoms with Crippen molar-refractivity contribution >= 4 is 23.5 Å². The van der Waals surface area contributed by atoms with E-state index in [0.717, 1.165) is 24.6 Å². The molecule has 0 spiro atoms. The van der Waals surface area contributed by atoms with Gasteiger partial charge in [0, 0.05) is 32.1 Å². The summed E-state index contributed by atoms with van der Waals surface area (Å²) in [5, 5.41) is 0.452. The van der Waals surface area contributed by atoms with E-state index in [-0.39, 0.29) is 18.1 Å². The van der Waals surface area contributed by atoms with E-state index in [1.165, 1.54) is 0 Å². The highest BCUT2D eigenvalue weighted by Gasteiger charge is 2.31. The number of amides is 1. The van der Waals surface area contributed by atoms with Crippen molar-refractivity contribution in [3.05, 3.63) is 17.0 Å². The third-order valence-electron chi connectivity index (χ3n) is 3.93. The van der Waals surface area contributed by atoms with Crippen LogP contribution in [-0.2, 0) is 4.74 Å². The number of carbonyl (C=O) groups excluding carboxylic acids is 1. The lowest BCUT2D eigenvalue weighted by molar-refractivity contribution is 0.0238. The van der Waals surface area contributed by atoms with Crippen LogP contribution in [0.4, 0.5) is 10.6 Å². The second kappa shape index (κ2) is 7.13. The van der Waals surface area contributed by atoms with E-state index >= 15 is 0 Å². The SMILES string of the molecule is CC(C)c1nc(Cl)cc(N2CC[C@@H](N(C)C(=O)OC(C)(C)C)C2)n1. The van der Waals surface area contributed by atoms with Gasteiger partial charge < -0.3 is 14.5 Å². The van der Waals surface area contributed by atoms with Crippen LogP contribution in [0.3, 0.4) is 0 Å². The summed E-state index contributed by atoms with van der Waals surface area (Å²) in [5.74, 6) is 1.77. The van der Waals surface area contributed by atoms with Crippen LogP contribution in [-0.4, -0.2) is 52.7 Å². The maximum atomic E-state index is 12.2. The molecule has 7 heteroatoms. The molecule has 0 aromatic carbocycles. The second-order valence-corrected chi connectivity index (χ2v) is 7.93. The van der Waals surface area contributed by atoms with Crippen LogP contribution < -0.4 is 4.90 Å². The van der Waals surface area contributed by atoms with Gasteiger partial charge in [-0.15, -0.1) is 0 Å². The molecule has 0 N–H and O–H groups in total. The lowest BCUT2D eigenvalue weighted by atomic mass is 10.2. The van der Waals surface area contributed by atoms with Crippen molar-refractivity contribution in [3.8, 4) is 0 Å². The summed E-state index contributed by atoms with van der Waals surface area (Å²) in [6.45, 7) is 11.2. The van der Waals surface area contributed by atoms with Gasteiger partial charge in [0.15, 0.2) is 0 Å². The Kier molecular flexibility index (Phi) is 5.58. The summed E-state index contributed by atoms with van der Waals surface area (Å²) in [6.07, 6.45) is 0.576. The Balaban J connectivity index is 2.06. The Bertz CT molecular complexity index is 601. The minimum absolute atomic E-state index is 0.0936. The van der Waals surface area contributed by atoms with Gasteiger partial charge in [-0.25, -0.2) is 14.8 Å². The average molecular weight is 355 g/mol. The first-order chi connectivity index (χ1) is 11.1. The Morgan fingerprint density at radius 1 is 1.42 bits per heavy atom. The number of anilines is 1. The smallest absolute Gasteiger partial charge is 0.410 e. The number of likely N-dealkylation sites (N-methyl/N-ethyl adjacent to an activating group) is 1. The molecule has 134 valence electrons. The number of hydrogen-bond donors (Lipinski definition) is 0. The van der Waals surface area contributed by atoms with Crippen LogP contribution in [0, 0.1) is 0 Å². The Morgan fingerprint density at radius 2 is 2.08 bits per heavy atom. The fourth-order valence-corrected chi connectivity index (χ4v) is 2.78. The van der Waals surface area contributed by atoms with E-state index in [0.29, 0.717) is 11.7 Å². The van der Waals surface area contributed by atoms with E-state index < -0.39 is 5.60 Å². The van der Waals surface area contributed by atoms with Gasteiger partial charge in [-0.3, -0.25) is 0 Å². The molecule has 1 fully saturated rings. The molecule has 1 aliphatic heterocycles.